The summed E-state index contributed by atoms with van der Waals surface area (Å²) in [5, 5.41) is 19.1. The van der Waals surface area contributed by atoms with E-state index in [0.717, 1.165) is 6.07 Å². The van der Waals surface area contributed by atoms with Gasteiger partial charge >= 0.3 is 0 Å². The second kappa shape index (κ2) is 3.66. The molecular weight excluding hydrogens is 184 g/mol. The maximum Gasteiger partial charge on any atom is 0.270 e. The van der Waals surface area contributed by atoms with Crippen molar-refractivity contribution in [2.24, 2.45) is 0 Å². The van der Waals surface area contributed by atoms with Crippen LogP contribution in [0.25, 0.3) is 0 Å². The second-order valence-electron chi connectivity index (χ2n) is 2.71. The highest BCUT2D eigenvalue weighted by atomic mass is 16.6. The van der Waals surface area contributed by atoms with Gasteiger partial charge in [-0.15, -0.1) is 0 Å². The van der Waals surface area contributed by atoms with Crippen LogP contribution >= 0.6 is 0 Å². The lowest BCUT2D eigenvalue weighted by atomic mass is 10.0. The molecule has 0 aliphatic rings. The van der Waals surface area contributed by atoms with Crippen molar-refractivity contribution < 1.29 is 9.72 Å². The summed E-state index contributed by atoms with van der Waals surface area (Å²) >= 11 is 0. The van der Waals surface area contributed by atoms with E-state index in [1.807, 2.05) is 6.07 Å². The van der Waals surface area contributed by atoms with Crippen molar-refractivity contribution in [3.05, 3.63) is 38.9 Å². The molecule has 0 aliphatic heterocycles. The van der Waals surface area contributed by atoms with Gasteiger partial charge in [0.2, 0.25) is 0 Å². The first kappa shape index (κ1) is 9.86. The Balaban J connectivity index is 3.48. The molecule has 0 saturated carbocycles. The number of non-ortho nitro benzene ring substituents is 1. The van der Waals surface area contributed by atoms with Gasteiger partial charge in [-0.3, -0.25) is 14.9 Å². The molecule has 5 nitrogen and oxygen atoms in total. The molecule has 0 heterocycles. The van der Waals surface area contributed by atoms with Crippen LogP contribution in [-0.2, 0) is 0 Å². The molecular formula is C9H6N2O3. The van der Waals surface area contributed by atoms with Gasteiger partial charge in [-0.2, -0.15) is 5.26 Å². The molecule has 0 fully saturated rings. The average Bonchev–Trinajstić information content (AvgIpc) is 2.16. The lowest BCUT2D eigenvalue weighted by Gasteiger charge is -2.00. The van der Waals surface area contributed by atoms with Crippen LogP contribution in [0, 0.1) is 28.4 Å². The molecule has 0 unspecified atom stereocenters. The van der Waals surface area contributed by atoms with Crippen LogP contribution < -0.4 is 0 Å². The van der Waals surface area contributed by atoms with E-state index in [1.54, 1.807) is 6.92 Å². The number of nitriles is 1. The molecule has 0 aromatic heterocycles. The summed E-state index contributed by atoms with van der Waals surface area (Å²) < 4.78 is 0. The Kier molecular flexibility index (Phi) is 2.58. The predicted octanol–water partition coefficient (Wildman–Crippen LogP) is 1.59. The first-order chi connectivity index (χ1) is 6.60. The zero-order valence-corrected chi connectivity index (χ0v) is 7.35. The molecule has 5 heteroatoms. The van der Waals surface area contributed by atoms with Crippen molar-refractivity contribution in [3.63, 3.8) is 0 Å². The number of aldehydes is 1. The summed E-state index contributed by atoms with van der Waals surface area (Å²) in [6, 6.07) is 4.19. The summed E-state index contributed by atoms with van der Waals surface area (Å²) in [6.07, 6.45) is 0.443. The van der Waals surface area contributed by atoms with E-state index in [-0.39, 0.29) is 16.8 Å². The van der Waals surface area contributed by atoms with Crippen LogP contribution in [0.3, 0.4) is 0 Å². The van der Waals surface area contributed by atoms with E-state index < -0.39 is 4.92 Å². The van der Waals surface area contributed by atoms with E-state index in [9.17, 15) is 14.9 Å². The number of carbonyl (C=O) groups excluding carboxylic acids is 1. The lowest BCUT2D eigenvalue weighted by Crippen LogP contribution is -1.96. The van der Waals surface area contributed by atoms with Crippen molar-refractivity contribution in [2.75, 3.05) is 0 Å². The van der Waals surface area contributed by atoms with Gasteiger partial charge < -0.3 is 0 Å². The van der Waals surface area contributed by atoms with Crippen molar-refractivity contribution in [3.8, 4) is 6.07 Å². The lowest BCUT2D eigenvalue weighted by molar-refractivity contribution is -0.384. The fourth-order valence-corrected chi connectivity index (χ4v) is 1.15. The summed E-state index contributed by atoms with van der Waals surface area (Å²) in [5.74, 6) is 0. The molecule has 70 valence electrons. The maximum atomic E-state index is 10.5. The third-order valence-electron chi connectivity index (χ3n) is 1.80. The summed E-state index contributed by atoms with van der Waals surface area (Å²) in [7, 11) is 0. The Bertz CT molecular complexity index is 446. The SMILES string of the molecule is Cc1cc([N+](=O)[O-])cc(C=O)c1C#N. The molecule has 0 N–H and O–H groups in total. The van der Waals surface area contributed by atoms with Crippen LogP contribution in [0.5, 0.6) is 0 Å². The van der Waals surface area contributed by atoms with Gasteiger partial charge in [0.15, 0.2) is 6.29 Å². The van der Waals surface area contributed by atoms with Gasteiger partial charge in [-0.25, -0.2) is 0 Å². The number of rotatable bonds is 2. The summed E-state index contributed by atoms with van der Waals surface area (Å²) in [4.78, 5) is 20.4. The van der Waals surface area contributed by atoms with Gasteiger partial charge in [-0.05, 0) is 12.5 Å². The van der Waals surface area contributed by atoms with Gasteiger partial charge in [-0.1, -0.05) is 0 Å². The van der Waals surface area contributed by atoms with Gasteiger partial charge in [0.05, 0.1) is 10.5 Å². The third-order valence-corrected chi connectivity index (χ3v) is 1.80. The molecule has 14 heavy (non-hydrogen) atoms. The Morgan fingerprint density at radius 2 is 2.21 bits per heavy atom. The molecule has 0 aliphatic carbocycles. The van der Waals surface area contributed by atoms with Gasteiger partial charge in [0.1, 0.15) is 6.07 Å². The van der Waals surface area contributed by atoms with Crippen molar-refractivity contribution in [2.45, 2.75) is 6.92 Å². The molecule has 1 aromatic rings. The molecule has 1 rings (SSSR count). The minimum absolute atomic E-state index is 0.0548. The number of carbonyl (C=O) groups is 1. The second-order valence-corrected chi connectivity index (χ2v) is 2.71. The Morgan fingerprint density at radius 3 is 2.64 bits per heavy atom. The molecule has 0 spiro atoms. The van der Waals surface area contributed by atoms with Crippen LogP contribution in [0.1, 0.15) is 21.5 Å². The van der Waals surface area contributed by atoms with Crippen molar-refractivity contribution in [1.29, 1.82) is 5.26 Å². The number of hydrogen-bond donors (Lipinski definition) is 0. The predicted molar refractivity (Wildman–Crippen MR) is 47.9 cm³/mol. The standard InChI is InChI=1S/C9H6N2O3/c1-6-2-8(11(13)14)3-7(5-12)9(6)4-10/h2-3,5H,1H3. The molecule has 0 amide bonds. The highest BCUT2D eigenvalue weighted by Gasteiger charge is 2.13. The fraction of sp³-hybridized carbons (Fsp3) is 0.111. The summed E-state index contributed by atoms with van der Waals surface area (Å²) in [5.41, 5.74) is 0.497. The fourth-order valence-electron chi connectivity index (χ4n) is 1.15. The molecule has 0 saturated heterocycles. The minimum atomic E-state index is -0.596. The van der Waals surface area contributed by atoms with E-state index in [4.69, 9.17) is 5.26 Å². The number of nitrogens with zero attached hydrogens (tertiary/aromatic N) is 2. The zero-order valence-electron chi connectivity index (χ0n) is 7.35. The van der Waals surface area contributed by atoms with Crippen molar-refractivity contribution in [1.82, 2.24) is 0 Å². The van der Waals surface area contributed by atoms with Gasteiger partial charge in [0, 0.05) is 17.7 Å². The van der Waals surface area contributed by atoms with E-state index in [2.05, 4.69) is 0 Å². The number of nitro benzene ring substituents is 1. The largest absolute Gasteiger partial charge is 0.298 e. The maximum absolute atomic E-state index is 10.5. The number of nitro groups is 1. The third kappa shape index (κ3) is 1.59. The average molecular weight is 190 g/mol. The highest BCUT2D eigenvalue weighted by molar-refractivity contribution is 5.81. The Labute approximate surface area is 79.7 Å². The monoisotopic (exact) mass is 190 g/mol. The number of aryl methyl sites for hydroxylation is 1. The van der Waals surface area contributed by atoms with Gasteiger partial charge in [0.25, 0.3) is 5.69 Å². The molecule has 0 atom stereocenters. The molecule has 1 aromatic carbocycles. The minimum Gasteiger partial charge on any atom is -0.298 e. The molecule has 0 radical (unpaired) electrons. The Hall–Kier alpha value is -2.22. The zero-order chi connectivity index (χ0) is 10.7. The van der Waals surface area contributed by atoms with Crippen LogP contribution in [-0.4, -0.2) is 11.2 Å². The first-order valence-electron chi connectivity index (χ1n) is 3.74. The van der Waals surface area contributed by atoms with E-state index >= 15 is 0 Å². The number of hydrogen-bond acceptors (Lipinski definition) is 4. The Morgan fingerprint density at radius 1 is 1.57 bits per heavy atom. The molecule has 0 bridgehead atoms. The van der Waals surface area contributed by atoms with Crippen LogP contribution in [0.2, 0.25) is 0 Å². The normalized spacial score (nSPS) is 9.14. The van der Waals surface area contributed by atoms with E-state index in [1.165, 1.54) is 6.07 Å². The van der Waals surface area contributed by atoms with Crippen molar-refractivity contribution >= 4 is 12.0 Å². The quantitative estimate of drug-likeness (QED) is 0.402. The topological polar surface area (TPSA) is 84.0 Å². The van der Waals surface area contributed by atoms with E-state index in [0.29, 0.717) is 11.8 Å². The first-order valence-corrected chi connectivity index (χ1v) is 3.74. The summed E-state index contributed by atoms with van der Waals surface area (Å²) in [6.45, 7) is 1.55. The van der Waals surface area contributed by atoms with Crippen LogP contribution in [0.15, 0.2) is 12.1 Å². The smallest absolute Gasteiger partial charge is 0.270 e. The number of benzene rings is 1. The highest BCUT2D eigenvalue weighted by Crippen LogP contribution is 2.20. The van der Waals surface area contributed by atoms with Crippen LogP contribution in [0.4, 0.5) is 5.69 Å².